The molecule has 1 fully saturated rings. The zero-order chi connectivity index (χ0) is 21.0. The number of carbonyl (C=O) groups excluding carboxylic acids is 1. The zero-order valence-electron chi connectivity index (χ0n) is 16.8. The van der Waals surface area contributed by atoms with Crippen LogP contribution < -0.4 is 14.8 Å². The summed E-state index contributed by atoms with van der Waals surface area (Å²) < 4.78 is 10.4. The molecule has 2 aromatic carbocycles. The largest absolute Gasteiger partial charge is 0.497 e. The van der Waals surface area contributed by atoms with Crippen molar-refractivity contribution in [2.75, 3.05) is 19.5 Å². The number of amides is 1. The van der Waals surface area contributed by atoms with Crippen LogP contribution in [0.1, 0.15) is 25.3 Å². The van der Waals surface area contributed by atoms with Gasteiger partial charge in [-0.3, -0.25) is 19.8 Å². The molecule has 3 rings (SSSR count). The first-order chi connectivity index (χ1) is 13.9. The van der Waals surface area contributed by atoms with Crippen molar-refractivity contribution >= 4 is 17.3 Å². The summed E-state index contributed by atoms with van der Waals surface area (Å²) in [7, 11) is 3.08. The molecule has 1 saturated carbocycles. The summed E-state index contributed by atoms with van der Waals surface area (Å²) in [5, 5.41) is 13.9. The van der Waals surface area contributed by atoms with Gasteiger partial charge in [-0.1, -0.05) is 12.1 Å². The second-order valence-corrected chi connectivity index (χ2v) is 7.06. The lowest BCUT2D eigenvalue weighted by Gasteiger charge is -2.28. The number of carbonyl (C=O) groups is 1. The van der Waals surface area contributed by atoms with Crippen LogP contribution in [0.25, 0.3) is 0 Å². The van der Waals surface area contributed by atoms with E-state index in [9.17, 15) is 14.9 Å². The Morgan fingerprint density at radius 3 is 2.45 bits per heavy atom. The molecule has 8 nitrogen and oxygen atoms in total. The van der Waals surface area contributed by atoms with Crippen molar-refractivity contribution in [2.24, 2.45) is 0 Å². The maximum atomic E-state index is 12.9. The second kappa shape index (κ2) is 8.91. The molecule has 2 aromatic rings. The van der Waals surface area contributed by atoms with Crippen LogP contribution in [0.5, 0.6) is 11.5 Å². The predicted molar refractivity (Wildman–Crippen MR) is 109 cm³/mol. The van der Waals surface area contributed by atoms with Crippen molar-refractivity contribution in [3.63, 3.8) is 0 Å². The number of non-ortho nitro benzene ring substituents is 1. The Labute approximate surface area is 169 Å². The first-order valence-electron chi connectivity index (χ1n) is 9.45. The lowest BCUT2D eigenvalue weighted by atomic mass is 10.1. The highest BCUT2D eigenvalue weighted by Crippen LogP contribution is 2.32. The van der Waals surface area contributed by atoms with Gasteiger partial charge in [0.1, 0.15) is 11.5 Å². The molecule has 0 spiro atoms. The Morgan fingerprint density at radius 2 is 1.90 bits per heavy atom. The van der Waals surface area contributed by atoms with Crippen molar-refractivity contribution in [3.8, 4) is 11.5 Å². The normalized spacial score (nSPS) is 14.3. The fraction of sp³-hybridized carbons (Fsp3) is 0.381. The van der Waals surface area contributed by atoms with Gasteiger partial charge in [-0.25, -0.2) is 0 Å². The van der Waals surface area contributed by atoms with E-state index in [0.717, 1.165) is 24.2 Å². The van der Waals surface area contributed by atoms with Crippen molar-refractivity contribution in [2.45, 2.75) is 38.4 Å². The number of anilines is 1. The van der Waals surface area contributed by atoms with E-state index < -0.39 is 11.0 Å². The third-order valence-corrected chi connectivity index (χ3v) is 5.07. The summed E-state index contributed by atoms with van der Waals surface area (Å²) >= 11 is 0. The minimum atomic E-state index is -0.501. The van der Waals surface area contributed by atoms with E-state index in [0.29, 0.717) is 24.0 Å². The van der Waals surface area contributed by atoms with E-state index in [1.54, 1.807) is 7.11 Å². The number of hydrogen-bond acceptors (Lipinski definition) is 6. The summed E-state index contributed by atoms with van der Waals surface area (Å²) in [6.45, 7) is 2.48. The maximum absolute atomic E-state index is 12.9. The Morgan fingerprint density at radius 1 is 1.21 bits per heavy atom. The Bertz CT molecular complexity index is 880. The Kier molecular flexibility index (Phi) is 6.33. The molecule has 1 N–H and O–H groups in total. The number of nitrogens with zero attached hydrogens (tertiary/aromatic N) is 2. The number of nitro benzene ring substituents is 1. The summed E-state index contributed by atoms with van der Waals surface area (Å²) in [6, 6.07) is 11.9. The summed E-state index contributed by atoms with van der Waals surface area (Å²) in [4.78, 5) is 25.6. The maximum Gasteiger partial charge on any atom is 0.271 e. The van der Waals surface area contributed by atoms with Gasteiger partial charge >= 0.3 is 0 Å². The van der Waals surface area contributed by atoms with Crippen LogP contribution in [-0.4, -0.2) is 42.0 Å². The monoisotopic (exact) mass is 399 g/mol. The number of rotatable bonds is 9. The molecule has 0 bridgehead atoms. The molecule has 0 radical (unpaired) electrons. The summed E-state index contributed by atoms with van der Waals surface area (Å²) in [5.41, 5.74) is 1.27. The number of benzene rings is 2. The number of methoxy groups -OCH3 is 2. The highest BCUT2D eigenvalue weighted by Gasteiger charge is 2.35. The molecule has 1 amide bonds. The first-order valence-corrected chi connectivity index (χ1v) is 9.45. The fourth-order valence-corrected chi connectivity index (χ4v) is 3.23. The number of nitrogens with one attached hydrogen (secondary N) is 1. The summed E-state index contributed by atoms with van der Waals surface area (Å²) in [5.74, 6) is 0.934. The molecule has 1 aliphatic carbocycles. The Balaban J connectivity index is 1.74. The van der Waals surface area contributed by atoms with Gasteiger partial charge in [0.05, 0.1) is 30.9 Å². The molecule has 29 heavy (non-hydrogen) atoms. The van der Waals surface area contributed by atoms with Crippen LogP contribution in [0.15, 0.2) is 42.5 Å². The molecule has 0 aromatic heterocycles. The van der Waals surface area contributed by atoms with Crippen LogP contribution in [0.4, 0.5) is 11.4 Å². The van der Waals surface area contributed by atoms with Gasteiger partial charge in [-0.15, -0.1) is 0 Å². The van der Waals surface area contributed by atoms with Crippen LogP contribution >= 0.6 is 0 Å². The third-order valence-electron chi connectivity index (χ3n) is 5.07. The van der Waals surface area contributed by atoms with E-state index in [4.69, 9.17) is 9.47 Å². The molecule has 0 unspecified atom stereocenters. The van der Waals surface area contributed by atoms with Gasteiger partial charge < -0.3 is 14.8 Å². The molecule has 0 heterocycles. The van der Waals surface area contributed by atoms with Crippen LogP contribution in [0, 0.1) is 10.1 Å². The summed E-state index contributed by atoms with van der Waals surface area (Å²) in [6.07, 6.45) is 2.10. The highest BCUT2D eigenvalue weighted by atomic mass is 16.6. The van der Waals surface area contributed by atoms with Gasteiger partial charge in [0, 0.05) is 24.7 Å². The number of nitro groups is 1. The van der Waals surface area contributed by atoms with Gasteiger partial charge in [-0.05, 0) is 43.5 Å². The van der Waals surface area contributed by atoms with Crippen molar-refractivity contribution in [1.29, 1.82) is 0 Å². The van der Waals surface area contributed by atoms with E-state index in [-0.39, 0.29) is 11.6 Å². The van der Waals surface area contributed by atoms with E-state index in [1.807, 2.05) is 31.2 Å². The minimum Gasteiger partial charge on any atom is -0.497 e. The number of ether oxygens (including phenoxy) is 2. The van der Waals surface area contributed by atoms with E-state index >= 15 is 0 Å². The van der Waals surface area contributed by atoms with Crippen molar-refractivity contribution in [1.82, 2.24) is 4.90 Å². The van der Waals surface area contributed by atoms with E-state index in [1.165, 1.54) is 25.3 Å². The van der Waals surface area contributed by atoms with Gasteiger partial charge in [0.15, 0.2) is 0 Å². The predicted octanol–water partition coefficient (Wildman–Crippen LogP) is 3.60. The number of hydrogen-bond donors (Lipinski definition) is 1. The minimum absolute atomic E-state index is 0.106. The smallest absolute Gasteiger partial charge is 0.271 e. The standard InChI is InChI=1S/C21H25N3O5/c1-14(21(25)22-19-12-17(24(26)27)8-11-20(19)29-3)23(16-6-7-16)13-15-4-9-18(28-2)10-5-15/h4-5,8-12,14,16H,6-7,13H2,1-3H3,(H,22,25)/t14-/m1/s1. The third kappa shape index (κ3) is 5.03. The molecule has 1 atom stereocenters. The van der Waals surface area contributed by atoms with Gasteiger partial charge in [0.25, 0.3) is 5.69 Å². The zero-order valence-corrected chi connectivity index (χ0v) is 16.8. The van der Waals surface area contributed by atoms with Crippen LogP contribution in [0.2, 0.25) is 0 Å². The quantitative estimate of drug-likeness (QED) is 0.511. The average molecular weight is 399 g/mol. The lowest BCUT2D eigenvalue weighted by Crippen LogP contribution is -2.43. The SMILES string of the molecule is COc1ccc(CN(C2CC2)[C@H](C)C(=O)Nc2cc([N+](=O)[O-])ccc2OC)cc1. The molecule has 154 valence electrons. The molecule has 8 heteroatoms. The highest BCUT2D eigenvalue weighted by molar-refractivity contribution is 5.96. The van der Waals surface area contributed by atoms with Crippen molar-refractivity contribution < 1.29 is 19.2 Å². The second-order valence-electron chi connectivity index (χ2n) is 7.06. The molecular weight excluding hydrogens is 374 g/mol. The van der Waals surface area contributed by atoms with Gasteiger partial charge in [-0.2, -0.15) is 0 Å². The fourth-order valence-electron chi connectivity index (χ4n) is 3.23. The van der Waals surface area contributed by atoms with E-state index in [2.05, 4.69) is 10.2 Å². The Hall–Kier alpha value is -3.13. The molecular formula is C21H25N3O5. The van der Waals surface area contributed by atoms with Gasteiger partial charge in [0.2, 0.25) is 5.91 Å². The average Bonchev–Trinajstić information content (AvgIpc) is 3.57. The molecule has 0 saturated heterocycles. The molecule has 1 aliphatic rings. The molecule has 0 aliphatic heterocycles. The van der Waals surface area contributed by atoms with Crippen molar-refractivity contribution in [3.05, 3.63) is 58.1 Å². The topological polar surface area (TPSA) is 93.9 Å². The van der Waals surface area contributed by atoms with Crippen LogP contribution in [0.3, 0.4) is 0 Å². The van der Waals surface area contributed by atoms with Crippen LogP contribution in [-0.2, 0) is 11.3 Å². The first kappa shape index (κ1) is 20.6. The lowest BCUT2D eigenvalue weighted by molar-refractivity contribution is -0.384.